The number of carbonyl (C=O) groups excluding carboxylic acids is 3. The molecule has 0 radical (unpaired) electrons. The van der Waals surface area contributed by atoms with Crippen molar-refractivity contribution in [3.05, 3.63) is 48.0 Å². The van der Waals surface area contributed by atoms with Gasteiger partial charge < -0.3 is 20.6 Å². The van der Waals surface area contributed by atoms with Crippen molar-refractivity contribution in [1.82, 2.24) is 20.4 Å². The molecular weight excluding hydrogens is 528 g/mol. The van der Waals surface area contributed by atoms with E-state index in [1.165, 1.54) is 16.7 Å². The van der Waals surface area contributed by atoms with Crippen LogP contribution in [0.25, 0.3) is 10.8 Å². The van der Waals surface area contributed by atoms with Gasteiger partial charge in [-0.1, -0.05) is 62.7 Å². The third-order valence-corrected chi connectivity index (χ3v) is 8.44. The number of hydrogen-bond donors (Lipinski definition) is 3. The number of carboxylic acid groups (broad SMARTS) is 1. The normalized spacial score (nSPS) is 17.6. The molecule has 40 heavy (non-hydrogen) atoms. The van der Waals surface area contributed by atoms with Crippen molar-refractivity contribution in [3.63, 3.8) is 0 Å². The molecule has 0 saturated carbocycles. The summed E-state index contributed by atoms with van der Waals surface area (Å²) in [6.45, 7) is 4.94. The van der Waals surface area contributed by atoms with Gasteiger partial charge in [0.05, 0.1) is 6.54 Å². The second-order valence-electron chi connectivity index (χ2n) is 10.6. The predicted octanol–water partition coefficient (Wildman–Crippen LogP) is 3.12. The van der Waals surface area contributed by atoms with E-state index in [1.54, 1.807) is 7.05 Å². The average Bonchev–Trinajstić information content (AvgIpc) is 3.27. The number of benzene rings is 2. The fraction of sp³-hybridized carbons (Fsp3) is 0.533. The lowest BCUT2D eigenvalue weighted by Gasteiger charge is -2.33. The lowest BCUT2D eigenvalue weighted by atomic mass is 9.97. The number of thioether (sulfide) groups is 1. The molecule has 10 heteroatoms. The van der Waals surface area contributed by atoms with Crippen LogP contribution in [0.3, 0.4) is 0 Å². The molecule has 1 aliphatic rings. The van der Waals surface area contributed by atoms with Crippen molar-refractivity contribution in [1.29, 1.82) is 0 Å². The van der Waals surface area contributed by atoms with Crippen molar-refractivity contribution in [2.24, 2.45) is 5.92 Å². The van der Waals surface area contributed by atoms with E-state index in [9.17, 15) is 24.3 Å². The Morgan fingerprint density at radius 3 is 2.52 bits per heavy atom. The average molecular weight is 571 g/mol. The molecule has 1 saturated heterocycles. The van der Waals surface area contributed by atoms with Crippen molar-refractivity contribution in [2.75, 3.05) is 32.1 Å². The Bertz CT molecular complexity index is 1190. The lowest BCUT2D eigenvalue weighted by molar-refractivity contribution is -0.142. The first-order valence-electron chi connectivity index (χ1n) is 13.9. The second kappa shape index (κ2) is 15.0. The highest BCUT2D eigenvalue weighted by atomic mass is 32.2. The first kappa shape index (κ1) is 31.4. The number of likely N-dealkylation sites (N-methyl/N-ethyl adjacent to an activating group) is 1. The van der Waals surface area contributed by atoms with Crippen LogP contribution in [0.15, 0.2) is 42.5 Å². The standard InChI is InChI=1S/C30H42N4O5S/c1-5-20(2)25(32-29(37)26-13-14-28(36)33(26)3)18-34(19-27(35)31-24(30(38)39)15-16-40-4)17-22-11-8-10-21-9-6-7-12-23(21)22/h6-12,20,24-26H,5,13-19H2,1-4H3,(H,31,35)(H,32,37)(H,38,39)/t20-,24-,25+,26-/m0/s1. The minimum Gasteiger partial charge on any atom is -0.480 e. The van der Waals surface area contributed by atoms with Gasteiger partial charge in [-0.15, -0.1) is 0 Å². The highest BCUT2D eigenvalue weighted by molar-refractivity contribution is 7.98. The van der Waals surface area contributed by atoms with Crippen LogP contribution >= 0.6 is 11.8 Å². The van der Waals surface area contributed by atoms with Crippen molar-refractivity contribution in [3.8, 4) is 0 Å². The third-order valence-electron chi connectivity index (χ3n) is 7.79. The summed E-state index contributed by atoms with van der Waals surface area (Å²) in [6.07, 6.45) is 3.90. The number of nitrogens with zero attached hydrogens (tertiary/aromatic N) is 2. The summed E-state index contributed by atoms with van der Waals surface area (Å²) in [6, 6.07) is 12.4. The van der Waals surface area contributed by atoms with Crippen LogP contribution in [0, 0.1) is 5.92 Å². The molecule has 1 aliphatic heterocycles. The van der Waals surface area contributed by atoms with Gasteiger partial charge in [0, 0.05) is 32.6 Å². The molecule has 2 aromatic carbocycles. The second-order valence-corrected chi connectivity index (χ2v) is 11.6. The molecule has 0 bridgehead atoms. The minimum atomic E-state index is -1.05. The highest BCUT2D eigenvalue weighted by Crippen LogP contribution is 2.22. The predicted molar refractivity (Wildman–Crippen MR) is 159 cm³/mol. The Kier molecular flexibility index (Phi) is 11.8. The number of rotatable bonds is 15. The Labute approximate surface area is 241 Å². The van der Waals surface area contributed by atoms with Gasteiger partial charge in [0.15, 0.2) is 0 Å². The number of carboxylic acids is 1. The number of hydrogen-bond acceptors (Lipinski definition) is 6. The topological polar surface area (TPSA) is 119 Å². The molecule has 4 atom stereocenters. The van der Waals surface area contributed by atoms with E-state index in [0.717, 1.165) is 22.8 Å². The SMILES string of the molecule is CC[C@H](C)[C@@H](CN(CC(=O)N[C@@H](CCSC)C(=O)O)Cc1cccc2ccccc12)NC(=O)[C@@H]1CCC(=O)N1C. The maximum atomic E-state index is 13.2. The van der Waals surface area contributed by atoms with Crippen LogP contribution in [-0.4, -0.2) is 88.9 Å². The first-order valence-corrected chi connectivity index (χ1v) is 15.3. The van der Waals surface area contributed by atoms with E-state index in [2.05, 4.69) is 24.5 Å². The summed E-state index contributed by atoms with van der Waals surface area (Å²) in [5.41, 5.74) is 1.04. The van der Waals surface area contributed by atoms with Gasteiger partial charge in [-0.25, -0.2) is 4.79 Å². The van der Waals surface area contributed by atoms with E-state index >= 15 is 0 Å². The number of carbonyl (C=O) groups is 4. The molecule has 3 rings (SSSR count). The maximum Gasteiger partial charge on any atom is 0.326 e. The molecule has 3 N–H and O–H groups in total. The molecule has 0 spiro atoms. The van der Waals surface area contributed by atoms with Crippen LogP contribution < -0.4 is 10.6 Å². The van der Waals surface area contributed by atoms with Crippen molar-refractivity contribution >= 4 is 46.2 Å². The number of likely N-dealkylation sites (tertiary alicyclic amines) is 1. The molecule has 218 valence electrons. The molecule has 1 heterocycles. The molecule has 1 fully saturated rings. The van der Waals surface area contributed by atoms with Gasteiger partial charge in [0.25, 0.3) is 0 Å². The summed E-state index contributed by atoms with van der Waals surface area (Å²) < 4.78 is 0. The summed E-state index contributed by atoms with van der Waals surface area (Å²) in [4.78, 5) is 53.6. The zero-order valence-corrected chi connectivity index (χ0v) is 24.7. The Morgan fingerprint density at radius 2 is 1.88 bits per heavy atom. The van der Waals surface area contributed by atoms with Crippen LogP contribution in [0.2, 0.25) is 0 Å². The largest absolute Gasteiger partial charge is 0.480 e. The molecule has 0 unspecified atom stereocenters. The van der Waals surface area contributed by atoms with Gasteiger partial charge in [-0.3, -0.25) is 19.3 Å². The van der Waals surface area contributed by atoms with Gasteiger partial charge in [-0.05, 0) is 47.1 Å². The quantitative estimate of drug-likeness (QED) is 0.301. The monoisotopic (exact) mass is 570 g/mol. The highest BCUT2D eigenvalue weighted by Gasteiger charge is 2.35. The number of aliphatic carboxylic acids is 1. The van der Waals surface area contributed by atoms with Crippen LogP contribution in [0.1, 0.15) is 45.1 Å². The lowest BCUT2D eigenvalue weighted by Crippen LogP contribution is -2.53. The maximum absolute atomic E-state index is 13.2. The molecule has 9 nitrogen and oxygen atoms in total. The molecule has 3 amide bonds. The van der Waals surface area contributed by atoms with Gasteiger partial charge >= 0.3 is 5.97 Å². The Balaban J connectivity index is 1.84. The van der Waals surface area contributed by atoms with Crippen LogP contribution in [0.5, 0.6) is 0 Å². The summed E-state index contributed by atoms with van der Waals surface area (Å²) >= 11 is 1.53. The van der Waals surface area contributed by atoms with E-state index in [-0.39, 0.29) is 36.2 Å². The Hall–Kier alpha value is -3.11. The molecule has 2 aromatic rings. The fourth-order valence-corrected chi connectivity index (χ4v) is 5.58. The van der Waals surface area contributed by atoms with Gasteiger partial charge in [-0.2, -0.15) is 11.8 Å². The fourth-order valence-electron chi connectivity index (χ4n) is 5.11. The van der Waals surface area contributed by atoms with Crippen LogP contribution in [-0.2, 0) is 25.7 Å². The number of nitrogens with one attached hydrogen (secondary N) is 2. The van der Waals surface area contributed by atoms with Crippen molar-refractivity contribution < 1.29 is 24.3 Å². The van der Waals surface area contributed by atoms with Crippen molar-refractivity contribution in [2.45, 2.75) is 64.2 Å². The molecular formula is C30H42N4O5S. The van der Waals surface area contributed by atoms with Crippen LogP contribution in [0.4, 0.5) is 0 Å². The smallest absolute Gasteiger partial charge is 0.326 e. The van der Waals surface area contributed by atoms with E-state index in [0.29, 0.717) is 38.1 Å². The van der Waals surface area contributed by atoms with Gasteiger partial charge in [0.2, 0.25) is 17.7 Å². The number of amides is 3. The van der Waals surface area contributed by atoms with E-state index < -0.39 is 18.1 Å². The van der Waals surface area contributed by atoms with E-state index in [4.69, 9.17) is 0 Å². The van der Waals surface area contributed by atoms with Gasteiger partial charge in [0.1, 0.15) is 12.1 Å². The first-order chi connectivity index (χ1) is 19.1. The molecule has 0 aromatic heterocycles. The van der Waals surface area contributed by atoms with E-state index in [1.807, 2.05) is 53.6 Å². The summed E-state index contributed by atoms with van der Waals surface area (Å²) in [5, 5.41) is 17.6. The Morgan fingerprint density at radius 1 is 1.15 bits per heavy atom. The molecule has 0 aliphatic carbocycles. The summed E-state index contributed by atoms with van der Waals surface area (Å²) in [5.74, 6) is -0.915. The zero-order chi connectivity index (χ0) is 29.2. The number of fused-ring (bicyclic) bond motifs is 1. The summed E-state index contributed by atoms with van der Waals surface area (Å²) in [7, 11) is 1.66. The third kappa shape index (κ3) is 8.44. The minimum absolute atomic E-state index is 0.0170. The zero-order valence-electron chi connectivity index (χ0n) is 23.9.